The summed E-state index contributed by atoms with van der Waals surface area (Å²) in [4.78, 5) is 0. The van der Waals surface area contributed by atoms with Crippen molar-refractivity contribution in [1.82, 2.24) is 0 Å². The minimum atomic E-state index is -3.57. The van der Waals surface area contributed by atoms with Crippen LogP contribution in [0.2, 0.25) is 0 Å². The molecule has 0 atom stereocenters. The predicted molar refractivity (Wildman–Crippen MR) is 44.8 cm³/mol. The molecule has 0 amide bonds. The molecule has 0 aromatic carbocycles. The number of hydrogen-bond donors (Lipinski definition) is 2. The lowest BCUT2D eigenvalue weighted by molar-refractivity contribution is 0.599. The second kappa shape index (κ2) is 2.47. The van der Waals surface area contributed by atoms with Crippen LogP contribution in [-0.2, 0) is 10.0 Å². The molecular weight excluding hydrogens is 184 g/mol. The van der Waals surface area contributed by atoms with E-state index >= 15 is 0 Å². The summed E-state index contributed by atoms with van der Waals surface area (Å²) >= 11 is 0.986. The van der Waals surface area contributed by atoms with Crippen molar-refractivity contribution in [2.24, 2.45) is 5.14 Å². The van der Waals surface area contributed by atoms with Crippen LogP contribution in [0.15, 0.2) is 10.3 Å². The average molecular weight is 192 g/mol. The van der Waals surface area contributed by atoms with Crippen molar-refractivity contribution in [3.63, 3.8) is 0 Å². The van der Waals surface area contributed by atoms with Gasteiger partial charge in [-0.3, -0.25) is 0 Å². The lowest BCUT2D eigenvalue weighted by Gasteiger charge is -1.91. The molecule has 0 radical (unpaired) electrons. The summed E-state index contributed by atoms with van der Waals surface area (Å²) in [5, 5.41) is 5.36. The number of primary sulfonamides is 1. The summed E-state index contributed by atoms with van der Waals surface area (Å²) in [6.07, 6.45) is 0. The van der Waals surface area contributed by atoms with E-state index in [1.807, 2.05) is 0 Å². The molecule has 11 heavy (non-hydrogen) atoms. The van der Waals surface area contributed by atoms with Crippen LogP contribution in [0.1, 0.15) is 5.56 Å². The smallest absolute Gasteiger partial charge is 0.247 e. The molecule has 0 saturated heterocycles. The molecule has 6 heteroatoms. The van der Waals surface area contributed by atoms with Crippen molar-refractivity contribution in [3.05, 3.63) is 11.6 Å². The van der Waals surface area contributed by atoms with Gasteiger partial charge in [-0.05, 0) is 18.6 Å². The Labute approximate surface area is 68.9 Å². The van der Waals surface area contributed by atoms with Gasteiger partial charge in [0, 0.05) is 0 Å². The molecule has 0 aliphatic rings. The van der Waals surface area contributed by atoms with Gasteiger partial charge < -0.3 is 5.73 Å². The number of nitrogen functional groups attached to an aromatic ring is 1. The molecule has 0 saturated carbocycles. The van der Waals surface area contributed by atoms with E-state index in [9.17, 15) is 8.42 Å². The summed E-state index contributed by atoms with van der Waals surface area (Å²) in [6.45, 7) is 1.66. The maximum absolute atomic E-state index is 10.8. The Balaban J connectivity index is 3.36. The Morgan fingerprint density at radius 3 is 2.27 bits per heavy atom. The van der Waals surface area contributed by atoms with Gasteiger partial charge in [0.05, 0.1) is 5.00 Å². The lowest BCUT2D eigenvalue weighted by Crippen LogP contribution is -2.11. The molecule has 1 rings (SSSR count). The highest BCUT2D eigenvalue weighted by molar-refractivity contribution is 7.91. The fraction of sp³-hybridized carbons (Fsp3) is 0.200. The number of sulfonamides is 1. The van der Waals surface area contributed by atoms with E-state index in [4.69, 9.17) is 10.9 Å². The van der Waals surface area contributed by atoms with E-state index in [1.54, 1.807) is 13.0 Å². The molecule has 1 aromatic heterocycles. The number of thiophene rings is 1. The van der Waals surface area contributed by atoms with Gasteiger partial charge in [0.25, 0.3) is 0 Å². The van der Waals surface area contributed by atoms with E-state index in [0.717, 1.165) is 11.3 Å². The van der Waals surface area contributed by atoms with Crippen molar-refractivity contribution in [2.75, 3.05) is 5.73 Å². The predicted octanol–water partition coefficient (Wildman–Crippen LogP) is 0.286. The highest BCUT2D eigenvalue weighted by Gasteiger charge is 2.14. The Morgan fingerprint density at radius 2 is 2.09 bits per heavy atom. The van der Waals surface area contributed by atoms with Gasteiger partial charge in [-0.1, -0.05) is 0 Å². The number of rotatable bonds is 1. The topological polar surface area (TPSA) is 86.2 Å². The first-order chi connectivity index (χ1) is 4.91. The molecule has 0 bridgehead atoms. The maximum atomic E-state index is 10.8. The molecule has 4 nitrogen and oxygen atoms in total. The molecule has 0 aliphatic carbocycles. The maximum Gasteiger partial charge on any atom is 0.247 e. The molecule has 0 aliphatic heterocycles. The van der Waals surface area contributed by atoms with Crippen LogP contribution < -0.4 is 10.9 Å². The number of hydrogen-bond acceptors (Lipinski definition) is 4. The zero-order valence-corrected chi connectivity index (χ0v) is 7.50. The number of nitrogens with two attached hydrogens (primary N) is 2. The monoisotopic (exact) mass is 192 g/mol. The Kier molecular flexibility index (Phi) is 1.91. The first-order valence-corrected chi connectivity index (χ1v) is 5.16. The largest absolute Gasteiger partial charge is 0.391 e. The third-order valence-corrected chi connectivity index (χ3v) is 3.80. The van der Waals surface area contributed by atoms with Crippen LogP contribution in [0, 0.1) is 6.92 Å². The third-order valence-electron chi connectivity index (χ3n) is 1.15. The Morgan fingerprint density at radius 1 is 1.55 bits per heavy atom. The van der Waals surface area contributed by atoms with Crippen molar-refractivity contribution in [1.29, 1.82) is 0 Å². The van der Waals surface area contributed by atoms with Crippen LogP contribution >= 0.6 is 11.3 Å². The fourth-order valence-electron chi connectivity index (χ4n) is 0.772. The van der Waals surface area contributed by atoms with Crippen molar-refractivity contribution in [2.45, 2.75) is 11.1 Å². The second-order valence-corrected chi connectivity index (χ2v) is 5.00. The van der Waals surface area contributed by atoms with E-state index in [1.165, 1.54) is 0 Å². The Hall–Kier alpha value is -0.590. The van der Waals surface area contributed by atoms with Gasteiger partial charge in [0.1, 0.15) is 4.21 Å². The average Bonchev–Trinajstić information content (AvgIpc) is 2.08. The van der Waals surface area contributed by atoms with Crippen LogP contribution in [0.3, 0.4) is 0 Å². The van der Waals surface area contributed by atoms with Crippen LogP contribution in [0.4, 0.5) is 5.00 Å². The highest BCUT2D eigenvalue weighted by Crippen LogP contribution is 2.26. The van der Waals surface area contributed by atoms with Crippen LogP contribution in [-0.4, -0.2) is 8.42 Å². The standard InChI is InChI=1S/C5H8N2O2S2/c1-3-2-4(6)10-5(3)11(7,8)9/h2H,6H2,1H3,(H2,7,8,9). The molecule has 0 fully saturated rings. The number of aryl methyl sites for hydroxylation is 1. The van der Waals surface area contributed by atoms with Gasteiger partial charge in [-0.25, -0.2) is 13.6 Å². The minimum Gasteiger partial charge on any atom is -0.391 e. The normalized spacial score (nSPS) is 11.8. The van der Waals surface area contributed by atoms with Gasteiger partial charge in [-0.15, -0.1) is 11.3 Å². The van der Waals surface area contributed by atoms with Crippen molar-refractivity contribution < 1.29 is 8.42 Å². The first-order valence-electron chi connectivity index (χ1n) is 2.80. The highest BCUT2D eigenvalue weighted by atomic mass is 32.2. The summed E-state index contributed by atoms with van der Waals surface area (Å²) < 4.78 is 21.7. The minimum absolute atomic E-state index is 0.148. The summed E-state index contributed by atoms with van der Waals surface area (Å²) in [5.74, 6) is 0. The van der Waals surface area contributed by atoms with Gasteiger partial charge in [0.2, 0.25) is 10.0 Å². The van der Waals surface area contributed by atoms with E-state index in [-0.39, 0.29) is 4.21 Å². The first kappa shape index (κ1) is 8.51. The zero-order chi connectivity index (χ0) is 8.65. The fourth-order valence-corrected chi connectivity index (χ4v) is 2.70. The number of anilines is 1. The van der Waals surface area contributed by atoms with Gasteiger partial charge in [-0.2, -0.15) is 0 Å². The van der Waals surface area contributed by atoms with E-state index in [2.05, 4.69) is 0 Å². The second-order valence-electron chi connectivity index (χ2n) is 2.16. The van der Waals surface area contributed by atoms with Crippen LogP contribution in [0.25, 0.3) is 0 Å². The SMILES string of the molecule is Cc1cc(N)sc1S(N)(=O)=O. The molecule has 1 heterocycles. The van der Waals surface area contributed by atoms with Gasteiger partial charge >= 0.3 is 0 Å². The molecule has 1 aromatic rings. The van der Waals surface area contributed by atoms with E-state index < -0.39 is 10.0 Å². The quantitative estimate of drug-likeness (QED) is 0.670. The molecule has 0 unspecified atom stereocenters. The van der Waals surface area contributed by atoms with Gasteiger partial charge in [0.15, 0.2) is 0 Å². The van der Waals surface area contributed by atoms with Crippen molar-refractivity contribution in [3.8, 4) is 0 Å². The third kappa shape index (κ3) is 1.70. The van der Waals surface area contributed by atoms with Crippen molar-refractivity contribution >= 4 is 26.4 Å². The van der Waals surface area contributed by atoms with E-state index in [0.29, 0.717) is 10.6 Å². The molecular formula is C5H8N2O2S2. The molecule has 4 N–H and O–H groups in total. The van der Waals surface area contributed by atoms with Crippen LogP contribution in [0.5, 0.6) is 0 Å². The Bertz CT molecular complexity index is 366. The summed E-state index contributed by atoms with van der Waals surface area (Å²) in [5.41, 5.74) is 5.98. The molecule has 62 valence electrons. The zero-order valence-electron chi connectivity index (χ0n) is 5.87. The molecule has 0 spiro atoms. The summed E-state index contributed by atoms with van der Waals surface area (Å²) in [6, 6.07) is 1.59. The lowest BCUT2D eigenvalue weighted by atomic mass is 10.4. The summed E-state index contributed by atoms with van der Waals surface area (Å²) in [7, 11) is -3.57.